The van der Waals surface area contributed by atoms with Gasteiger partial charge in [0.25, 0.3) is 0 Å². The molecule has 0 saturated carbocycles. The molecule has 6 heteroatoms. The first-order valence-electron chi connectivity index (χ1n) is 7.70. The van der Waals surface area contributed by atoms with Crippen molar-refractivity contribution in [1.82, 2.24) is 10.3 Å². The molecule has 0 saturated heterocycles. The van der Waals surface area contributed by atoms with Gasteiger partial charge in [0.2, 0.25) is 0 Å². The van der Waals surface area contributed by atoms with Gasteiger partial charge in [-0.15, -0.1) is 0 Å². The van der Waals surface area contributed by atoms with Crippen molar-refractivity contribution < 1.29 is 19.4 Å². The summed E-state index contributed by atoms with van der Waals surface area (Å²) < 4.78 is 10.8. The van der Waals surface area contributed by atoms with Gasteiger partial charge in [0.1, 0.15) is 18.0 Å². The molecule has 0 aliphatic carbocycles. The van der Waals surface area contributed by atoms with Gasteiger partial charge < -0.3 is 19.9 Å². The van der Waals surface area contributed by atoms with Crippen LogP contribution in [0, 0.1) is 0 Å². The summed E-state index contributed by atoms with van der Waals surface area (Å²) >= 11 is 0. The Morgan fingerprint density at radius 2 is 1.91 bits per heavy atom. The van der Waals surface area contributed by atoms with Crippen molar-refractivity contribution in [2.45, 2.75) is 58.6 Å². The fourth-order valence-corrected chi connectivity index (χ4v) is 1.72. The number of ether oxygens (including phenoxy) is 2. The topological polar surface area (TPSA) is 80.7 Å². The summed E-state index contributed by atoms with van der Waals surface area (Å²) in [5.74, 6) is 0.599. The zero-order chi connectivity index (χ0) is 17.7. The molecule has 0 bridgehead atoms. The summed E-state index contributed by atoms with van der Waals surface area (Å²) in [5, 5.41) is 12.0. The van der Waals surface area contributed by atoms with E-state index in [0.717, 1.165) is 5.56 Å². The van der Waals surface area contributed by atoms with Crippen molar-refractivity contribution in [2.24, 2.45) is 0 Å². The number of amides is 1. The lowest BCUT2D eigenvalue weighted by Gasteiger charge is -2.23. The zero-order valence-corrected chi connectivity index (χ0v) is 14.8. The van der Waals surface area contributed by atoms with Crippen molar-refractivity contribution in [3.05, 3.63) is 24.0 Å². The Morgan fingerprint density at radius 1 is 1.26 bits per heavy atom. The number of carbonyl (C=O) groups excluding carboxylic acids is 1. The van der Waals surface area contributed by atoms with E-state index in [0.29, 0.717) is 5.75 Å². The first-order valence-corrected chi connectivity index (χ1v) is 7.70. The number of carbonyl (C=O) groups is 1. The predicted octanol–water partition coefficient (Wildman–Crippen LogP) is 2.64. The first-order chi connectivity index (χ1) is 10.5. The highest BCUT2D eigenvalue weighted by Gasteiger charge is 2.20. The Morgan fingerprint density at radius 3 is 2.43 bits per heavy atom. The Kier molecular flexibility index (Phi) is 6.38. The van der Waals surface area contributed by atoms with Crippen molar-refractivity contribution in [2.75, 3.05) is 13.2 Å². The lowest BCUT2D eigenvalue weighted by molar-refractivity contribution is 0.0458. The number of hydrogen-bond acceptors (Lipinski definition) is 5. The minimum absolute atomic E-state index is 0.0302. The average Bonchev–Trinajstić information content (AvgIpc) is 2.40. The van der Waals surface area contributed by atoms with Crippen LogP contribution in [-0.4, -0.2) is 41.0 Å². The first kappa shape index (κ1) is 19.2. The summed E-state index contributed by atoms with van der Waals surface area (Å²) in [6, 6.07) is 1.36. The van der Waals surface area contributed by atoms with Crippen molar-refractivity contribution in [3.8, 4) is 5.75 Å². The van der Waals surface area contributed by atoms with Gasteiger partial charge in [0, 0.05) is 6.20 Å². The molecule has 1 amide bonds. The molecule has 0 spiro atoms. The zero-order valence-electron chi connectivity index (χ0n) is 14.8. The molecule has 0 aliphatic heterocycles. The van der Waals surface area contributed by atoms with Crippen LogP contribution in [0.25, 0.3) is 0 Å². The Bertz CT molecular complexity index is 518. The minimum atomic E-state index is -0.587. The number of rotatable bonds is 5. The Labute approximate surface area is 138 Å². The van der Waals surface area contributed by atoms with Crippen LogP contribution >= 0.6 is 0 Å². The van der Waals surface area contributed by atoms with E-state index in [-0.39, 0.29) is 18.6 Å². The van der Waals surface area contributed by atoms with E-state index in [2.05, 4.69) is 31.1 Å². The second-order valence-electron chi connectivity index (χ2n) is 7.50. The highest BCUT2D eigenvalue weighted by Crippen LogP contribution is 2.24. The van der Waals surface area contributed by atoms with Gasteiger partial charge in [0.05, 0.1) is 18.8 Å². The maximum atomic E-state index is 11.7. The highest BCUT2D eigenvalue weighted by atomic mass is 16.6. The number of aliphatic hydroxyl groups is 1. The summed E-state index contributed by atoms with van der Waals surface area (Å²) in [7, 11) is 0. The van der Waals surface area contributed by atoms with E-state index in [1.165, 1.54) is 0 Å². The highest BCUT2D eigenvalue weighted by molar-refractivity contribution is 5.68. The number of nitrogens with one attached hydrogen (secondary N) is 1. The third kappa shape index (κ3) is 7.32. The lowest BCUT2D eigenvalue weighted by Crippen LogP contribution is -2.44. The quantitative estimate of drug-likeness (QED) is 0.870. The third-order valence-corrected chi connectivity index (χ3v) is 2.97. The summed E-state index contributed by atoms with van der Waals surface area (Å²) in [6.07, 6.45) is 2.83. The minimum Gasteiger partial charge on any atom is -0.490 e. The average molecular weight is 324 g/mol. The van der Waals surface area contributed by atoms with E-state index in [1.54, 1.807) is 33.2 Å². The Balaban J connectivity index is 2.60. The van der Waals surface area contributed by atoms with Gasteiger partial charge in [0.15, 0.2) is 0 Å². The number of pyridine rings is 1. The van der Waals surface area contributed by atoms with Crippen LogP contribution in [0.2, 0.25) is 0 Å². The van der Waals surface area contributed by atoms with Crippen LogP contribution in [0.3, 0.4) is 0 Å². The lowest BCUT2D eigenvalue weighted by atomic mass is 9.88. The van der Waals surface area contributed by atoms with Gasteiger partial charge in [-0.1, -0.05) is 20.8 Å². The molecule has 0 aromatic carbocycles. The molecule has 0 fully saturated rings. The maximum Gasteiger partial charge on any atom is 0.408 e. The van der Waals surface area contributed by atoms with Crippen LogP contribution in [0.5, 0.6) is 5.75 Å². The van der Waals surface area contributed by atoms with Crippen LogP contribution < -0.4 is 10.1 Å². The molecular formula is C17H28N2O4. The van der Waals surface area contributed by atoms with Crippen LogP contribution in [0.1, 0.15) is 47.1 Å². The maximum absolute atomic E-state index is 11.7. The van der Waals surface area contributed by atoms with Gasteiger partial charge in [-0.05, 0) is 37.8 Å². The molecular weight excluding hydrogens is 296 g/mol. The molecule has 1 aromatic heterocycles. The molecule has 23 heavy (non-hydrogen) atoms. The van der Waals surface area contributed by atoms with Crippen molar-refractivity contribution in [1.29, 1.82) is 0 Å². The fourth-order valence-electron chi connectivity index (χ4n) is 1.72. The number of alkyl carbamates (subject to hydrolysis) is 1. The molecule has 1 atom stereocenters. The van der Waals surface area contributed by atoms with Gasteiger partial charge >= 0.3 is 6.09 Å². The van der Waals surface area contributed by atoms with Crippen LogP contribution in [0.15, 0.2) is 18.5 Å². The molecule has 0 radical (unpaired) electrons. The molecule has 0 aliphatic rings. The summed E-state index contributed by atoms with van der Waals surface area (Å²) in [4.78, 5) is 15.9. The number of nitrogens with zero attached hydrogens (tertiary/aromatic N) is 1. The second kappa shape index (κ2) is 7.64. The summed E-state index contributed by atoms with van der Waals surface area (Å²) in [6.45, 7) is 11.5. The largest absolute Gasteiger partial charge is 0.490 e. The smallest absolute Gasteiger partial charge is 0.408 e. The molecule has 1 aromatic rings. The molecule has 1 heterocycles. The molecule has 130 valence electrons. The SMILES string of the molecule is CC(C)(C)OC(=O)N[C@@H](CO)COc1cncc(C(C)(C)C)c1. The van der Waals surface area contributed by atoms with Crippen molar-refractivity contribution >= 4 is 6.09 Å². The van der Waals surface area contributed by atoms with E-state index < -0.39 is 17.7 Å². The molecule has 0 unspecified atom stereocenters. The van der Waals surface area contributed by atoms with E-state index in [4.69, 9.17) is 9.47 Å². The number of aromatic nitrogens is 1. The molecule has 2 N–H and O–H groups in total. The van der Waals surface area contributed by atoms with Crippen LogP contribution in [0.4, 0.5) is 4.79 Å². The van der Waals surface area contributed by atoms with E-state index >= 15 is 0 Å². The third-order valence-electron chi connectivity index (χ3n) is 2.97. The summed E-state index contributed by atoms with van der Waals surface area (Å²) in [5.41, 5.74) is 0.434. The van der Waals surface area contributed by atoms with Crippen LogP contribution in [-0.2, 0) is 10.2 Å². The Hall–Kier alpha value is -1.82. The van der Waals surface area contributed by atoms with Gasteiger partial charge in [-0.25, -0.2) is 4.79 Å². The van der Waals surface area contributed by atoms with E-state index in [9.17, 15) is 9.90 Å². The van der Waals surface area contributed by atoms with Crippen molar-refractivity contribution in [3.63, 3.8) is 0 Å². The number of hydrogen-bond donors (Lipinski definition) is 2. The van der Waals surface area contributed by atoms with Gasteiger partial charge in [-0.2, -0.15) is 0 Å². The predicted molar refractivity (Wildman–Crippen MR) is 88.7 cm³/mol. The second-order valence-corrected chi connectivity index (χ2v) is 7.50. The standard InChI is InChI=1S/C17H28N2O4/c1-16(2,3)12-7-14(9-18-8-12)22-11-13(10-20)19-15(21)23-17(4,5)6/h7-9,13,20H,10-11H2,1-6H3,(H,19,21)/t13-/m0/s1. The monoisotopic (exact) mass is 324 g/mol. The molecule has 6 nitrogen and oxygen atoms in total. The van der Waals surface area contributed by atoms with Gasteiger partial charge in [-0.3, -0.25) is 4.98 Å². The fraction of sp³-hybridized carbons (Fsp3) is 0.647. The normalized spacial score (nSPS) is 13.3. The van der Waals surface area contributed by atoms with E-state index in [1.807, 2.05) is 6.07 Å². The molecule has 1 rings (SSSR count). The number of aliphatic hydroxyl groups excluding tert-OH is 1.